The number of nitrogens with two attached hydrogens (primary N) is 1. The van der Waals surface area contributed by atoms with Gasteiger partial charge in [-0.3, -0.25) is 4.79 Å². The van der Waals surface area contributed by atoms with Crippen LogP contribution in [0.25, 0.3) is 0 Å². The Morgan fingerprint density at radius 3 is 2.63 bits per heavy atom. The molecule has 1 aliphatic rings. The average molecular weight is 272 g/mol. The van der Waals surface area contributed by atoms with Gasteiger partial charge in [-0.15, -0.1) is 5.10 Å². The molecule has 1 aromatic rings. The van der Waals surface area contributed by atoms with E-state index in [0.717, 1.165) is 0 Å². The lowest BCUT2D eigenvalue weighted by Crippen LogP contribution is -2.33. The molecule has 9 nitrogen and oxygen atoms in total. The van der Waals surface area contributed by atoms with Crippen molar-refractivity contribution in [1.29, 1.82) is 0 Å². The molecular weight excluding hydrogens is 256 g/mol. The van der Waals surface area contributed by atoms with Gasteiger partial charge in [-0.05, 0) is 0 Å². The second-order valence-corrected chi connectivity index (χ2v) is 4.24. The molecule has 1 amide bonds. The summed E-state index contributed by atoms with van der Waals surface area (Å²) < 4.78 is 6.53. The minimum Gasteiger partial charge on any atom is -0.394 e. The van der Waals surface area contributed by atoms with E-state index in [1.807, 2.05) is 0 Å². The van der Waals surface area contributed by atoms with Crippen molar-refractivity contribution in [3.8, 4) is 0 Å². The lowest BCUT2D eigenvalue weighted by Gasteiger charge is -2.16. The monoisotopic (exact) mass is 272 g/mol. The van der Waals surface area contributed by atoms with E-state index < -0.39 is 37.1 Å². The van der Waals surface area contributed by atoms with E-state index in [2.05, 4.69) is 10.1 Å². The largest absolute Gasteiger partial charge is 0.394 e. The molecule has 0 spiro atoms. The van der Waals surface area contributed by atoms with Crippen LogP contribution in [0.15, 0.2) is 0 Å². The van der Waals surface area contributed by atoms with Crippen molar-refractivity contribution in [2.24, 2.45) is 5.73 Å². The van der Waals surface area contributed by atoms with Gasteiger partial charge in [0.1, 0.15) is 24.1 Å². The Kier molecular flexibility index (Phi) is 3.80. The SMILES string of the molecule is CCc1nc(C(N)=O)nn1[C@@H]1O[C@H](CO)[C@@H](O)[C@H]1O. The number of aliphatic hydroxyl groups excluding tert-OH is 3. The predicted molar refractivity (Wildman–Crippen MR) is 60.9 cm³/mol. The first kappa shape index (κ1) is 13.9. The lowest BCUT2D eigenvalue weighted by molar-refractivity contribution is -0.0601. The summed E-state index contributed by atoms with van der Waals surface area (Å²) in [5.41, 5.74) is 5.09. The van der Waals surface area contributed by atoms with Crippen molar-refractivity contribution in [1.82, 2.24) is 14.8 Å². The van der Waals surface area contributed by atoms with E-state index in [9.17, 15) is 15.0 Å². The first-order valence-electron chi connectivity index (χ1n) is 5.87. The van der Waals surface area contributed by atoms with Crippen LogP contribution in [0.3, 0.4) is 0 Å². The van der Waals surface area contributed by atoms with Crippen LogP contribution in [-0.4, -0.2) is 60.9 Å². The minimum absolute atomic E-state index is 0.186. The van der Waals surface area contributed by atoms with Gasteiger partial charge in [-0.1, -0.05) is 6.92 Å². The molecule has 19 heavy (non-hydrogen) atoms. The molecule has 2 heterocycles. The molecule has 2 rings (SSSR count). The van der Waals surface area contributed by atoms with E-state index in [4.69, 9.17) is 15.6 Å². The summed E-state index contributed by atoms with van der Waals surface area (Å²) in [6.45, 7) is 1.35. The number of carbonyl (C=O) groups is 1. The normalized spacial score (nSPS) is 30.7. The Hall–Kier alpha value is -1.55. The first-order chi connectivity index (χ1) is 8.99. The number of amides is 1. The summed E-state index contributed by atoms with van der Waals surface area (Å²) in [7, 11) is 0. The zero-order chi connectivity index (χ0) is 14.2. The zero-order valence-electron chi connectivity index (χ0n) is 10.3. The molecule has 0 aliphatic carbocycles. The number of aryl methyl sites for hydroxylation is 1. The first-order valence-corrected chi connectivity index (χ1v) is 5.87. The van der Waals surface area contributed by atoms with Crippen molar-refractivity contribution < 1.29 is 24.9 Å². The highest BCUT2D eigenvalue weighted by Gasteiger charge is 2.44. The van der Waals surface area contributed by atoms with Crippen LogP contribution in [0.4, 0.5) is 0 Å². The summed E-state index contributed by atoms with van der Waals surface area (Å²) in [4.78, 5) is 15.0. The van der Waals surface area contributed by atoms with Gasteiger partial charge < -0.3 is 25.8 Å². The number of ether oxygens (including phenoxy) is 1. The van der Waals surface area contributed by atoms with Crippen LogP contribution in [0.1, 0.15) is 29.6 Å². The number of rotatable bonds is 4. The second kappa shape index (κ2) is 5.21. The molecule has 1 saturated heterocycles. The van der Waals surface area contributed by atoms with Crippen LogP contribution in [0.5, 0.6) is 0 Å². The maximum absolute atomic E-state index is 11.1. The fraction of sp³-hybridized carbons (Fsp3) is 0.700. The average Bonchev–Trinajstić information content (AvgIpc) is 2.93. The van der Waals surface area contributed by atoms with Crippen LogP contribution in [0.2, 0.25) is 0 Å². The van der Waals surface area contributed by atoms with Crippen LogP contribution >= 0.6 is 0 Å². The van der Waals surface area contributed by atoms with E-state index in [0.29, 0.717) is 12.2 Å². The number of aliphatic hydroxyl groups is 3. The molecule has 0 bridgehead atoms. The van der Waals surface area contributed by atoms with Gasteiger partial charge in [0.15, 0.2) is 6.23 Å². The summed E-state index contributed by atoms with van der Waals surface area (Å²) >= 11 is 0. The standard InChI is InChI=1S/C10H16N4O5/c1-2-5-12-9(8(11)18)13-14(5)10-7(17)6(16)4(3-15)19-10/h4,6-7,10,15-17H,2-3H2,1H3,(H2,11,18)/t4-,6-,7-,10-/m1/s1. The van der Waals surface area contributed by atoms with E-state index in [-0.39, 0.29) is 5.82 Å². The molecule has 4 atom stereocenters. The Morgan fingerprint density at radius 2 is 2.16 bits per heavy atom. The third-order valence-electron chi connectivity index (χ3n) is 3.00. The molecule has 1 aromatic heterocycles. The molecule has 106 valence electrons. The Morgan fingerprint density at radius 1 is 1.47 bits per heavy atom. The van der Waals surface area contributed by atoms with Crippen molar-refractivity contribution in [2.45, 2.75) is 37.9 Å². The molecule has 0 radical (unpaired) electrons. The van der Waals surface area contributed by atoms with Crippen molar-refractivity contribution in [3.63, 3.8) is 0 Å². The maximum Gasteiger partial charge on any atom is 0.288 e. The second-order valence-electron chi connectivity index (χ2n) is 4.24. The van der Waals surface area contributed by atoms with E-state index in [1.54, 1.807) is 6.92 Å². The predicted octanol–water partition coefficient (Wildman–Crippen LogP) is -2.45. The van der Waals surface area contributed by atoms with Gasteiger partial charge in [0.25, 0.3) is 5.91 Å². The molecule has 0 saturated carbocycles. The number of carbonyl (C=O) groups excluding carboxylic acids is 1. The molecule has 5 N–H and O–H groups in total. The highest BCUT2D eigenvalue weighted by molar-refractivity contribution is 5.88. The van der Waals surface area contributed by atoms with Crippen molar-refractivity contribution in [2.75, 3.05) is 6.61 Å². The molecule has 9 heteroatoms. The molecule has 1 aliphatic heterocycles. The summed E-state index contributed by atoms with van der Waals surface area (Å²) in [6, 6.07) is 0. The van der Waals surface area contributed by atoms with E-state index >= 15 is 0 Å². The summed E-state index contributed by atoms with van der Waals surface area (Å²) in [5, 5.41) is 32.5. The quantitative estimate of drug-likeness (QED) is 0.476. The number of hydrogen-bond acceptors (Lipinski definition) is 7. The van der Waals surface area contributed by atoms with Gasteiger partial charge >= 0.3 is 0 Å². The highest BCUT2D eigenvalue weighted by atomic mass is 16.6. The lowest BCUT2D eigenvalue weighted by atomic mass is 10.1. The van der Waals surface area contributed by atoms with Crippen LogP contribution in [0, 0.1) is 0 Å². The third kappa shape index (κ3) is 2.32. The highest BCUT2D eigenvalue weighted by Crippen LogP contribution is 2.29. The smallest absolute Gasteiger partial charge is 0.288 e. The molecule has 0 aromatic carbocycles. The van der Waals surface area contributed by atoms with E-state index in [1.165, 1.54) is 4.68 Å². The van der Waals surface area contributed by atoms with Crippen LogP contribution in [-0.2, 0) is 11.2 Å². The number of nitrogens with zero attached hydrogens (tertiary/aromatic N) is 3. The minimum atomic E-state index is -1.27. The fourth-order valence-electron chi connectivity index (χ4n) is 1.99. The number of primary amides is 1. The van der Waals surface area contributed by atoms with Crippen LogP contribution < -0.4 is 5.73 Å². The fourth-order valence-corrected chi connectivity index (χ4v) is 1.99. The Bertz CT molecular complexity index is 476. The van der Waals surface area contributed by atoms with Gasteiger partial charge in [0.05, 0.1) is 6.61 Å². The zero-order valence-corrected chi connectivity index (χ0v) is 10.3. The molecular formula is C10H16N4O5. The summed E-state index contributed by atoms with van der Waals surface area (Å²) in [6.07, 6.45) is -3.99. The van der Waals surface area contributed by atoms with Gasteiger partial charge in [0.2, 0.25) is 5.82 Å². The maximum atomic E-state index is 11.1. The number of aromatic nitrogens is 3. The Labute approximate surface area is 108 Å². The van der Waals surface area contributed by atoms with Gasteiger partial charge in [0, 0.05) is 6.42 Å². The number of hydrogen-bond donors (Lipinski definition) is 4. The van der Waals surface area contributed by atoms with Crippen molar-refractivity contribution >= 4 is 5.91 Å². The van der Waals surface area contributed by atoms with Gasteiger partial charge in [-0.2, -0.15) is 0 Å². The third-order valence-corrected chi connectivity index (χ3v) is 3.00. The van der Waals surface area contributed by atoms with Gasteiger partial charge in [-0.25, -0.2) is 9.67 Å². The molecule has 0 unspecified atom stereocenters. The van der Waals surface area contributed by atoms with Crippen molar-refractivity contribution in [3.05, 3.63) is 11.6 Å². The summed E-state index contributed by atoms with van der Waals surface area (Å²) in [5.74, 6) is -0.585. The Balaban J connectivity index is 2.34. The molecule has 1 fully saturated rings. The topological polar surface area (TPSA) is 144 Å².